The Balaban J connectivity index is 1.49. The number of alkyl halides is 3. The zero-order chi connectivity index (χ0) is 28.4. The van der Waals surface area contributed by atoms with Crippen LogP contribution in [0.2, 0.25) is 0 Å². The zero-order valence-corrected chi connectivity index (χ0v) is 22.2. The lowest BCUT2D eigenvalue weighted by atomic mass is 10.0. The van der Waals surface area contributed by atoms with Gasteiger partial charge in [0, 0.05) is 38.3 Å². The fourth-order valence-electron chi connectivity index (χ4n) is 5.13. The van der Waals surface area contributed by atoms with Gasteiger partial charge in [0.2, 0.25) is 0 Å². The van der Waals surface area contributed by atoms with Crippen molar-refractivity contribution in [2.24, 2.45) is 14.1 Å². The highest BCUT2D eigenvalue weighted by molar-refractivity contribution is 7.91. The molecule has 0 atom stereocenters. The van der Waals surface area contributed by atoms with Gasteiger partial charge >= 0.3 is 6.18 Å². The van der Waals surface area contributed by atoms with Gasteiger partial charge in [-0.1, -0.05) is 6.07 Å². The summed E-state index contributed by atoms with van der Waals surface area (Å²) in [6.45, 7) is 0.0634. The number of pyridine rings is 1. The minimum absolute atomic E-state index is 0.0343. The Bertz CT molecular complexity index is 1750. The second-order valence-corrected chi connectivity index (χ2v) is 12.0. The third kappa shape index (κ3) is 4.39. The van der Waals surface area contributed by atoms with Crippen molar-refractivity contribution in [3.63, 3.8) is 0 Å². The van der Waals surface area contributed by atoms with Crippen LogP contribution in [0.5, 0.6) is 0 Å². The second kappa shape index (κ2) is 9.15. The Labute approximate surface area is 226 Å². The molecule has 0 spiro atoms. The van der Waals surface area contributed by atoms with Crippen LogP contribution in [0, 0.1) is 0 Å². The van der Waals surface area contributed by atoms with Crippen LogP contribution in [0.25, 0.3) is 22.6 Å². The highest BCUT2D eigenvalue weighted by Crippen LogP contribution is 2.40. The molecule has 1 fully saturated rings. The summed E-state index contributed by atoms with van der Waals surface area (Å²) in [5, 5.41) is 12.5. The van der Waals surface area contributed by atoms with Crippen molar-refractivity contribution in [3.05, 3.63) is 59.5 Å². The number of anilines is 2. The summed E-state index contributed by atoms with van der Waals surface area (Å²) < 4.78 is 68.7. The lowest BCUT2D eigenvalue weighted by Crippen LogP contribution is -2.41. The molecule has 2 aliphatic rings. The van der Waals surface area contributed by atoms with Crippen molar-refractivity contribution >= 4 is 27.4 Å². The van der Waals surface area contributed by atoms with Crippen LogP contribution in [0.15, 0.2) is 42.9 Å². The monoisotopic (exact) mass is 572 g/mol. The molecular formula is C25H23F3N8O3S. The lowest BCUT2D eigenvalue weighted by Gasteiger charge is -2.29. The van der Waals surface area contributed by atoms with Gasteiger partial charge in [-0.25, -0.2) is 13.4 Å². The summed E-state index contributed by atoms with van der Waals surface area (Å²) in [5.41, 5.74) is 0.819. The van der Waals surface area contributed by atoms with E-state index in [1.807, 2.05) is 0 Å². The number of halogens is 3. The number of benzene rings is 1. The molecule has 0 radical (unpaired) electrons. The molecule has 2 aliphatic heterocycles. The minimum atomic E-state index is -4.62. The molecule has 6 rings (SSSR count). The standard InChI is InChI=1S/C25H23F3N8O3S/c1-33-14-29-32-23(33)17-12-30-34(2)22(17)15-10-20(35-6-8-40(38,39)9-7-35)31-21(11-15)36-13-18-16(24(36)37)4-3-5-19(18)25(26,27)28/h3-5,10-12,14H,6-9,13H2,1-2H3. The van der Waals surface area contributed by atoms with Crippen LogP contribution < -0.4 is 9.80 Å². The van der Waals surface area contributed by atoms with E-state index in [4.69, 9.17) is 0 Å². The van der Waals surface area contributed by atoms with Crippen LogP contribution in [0.3, 0.4) is 0 Å². The van der Waals surface area contributed by atoms with Crippen molar-refractivity contribution in [2.75, 3.05) is 34.4 Å². The Kier molecular flexibility index (Phi) is 5.94. The fourth-order valence-corrected chi connectivity index (χ4v) is 6.34. The molecule has 0 saturated carbocycles. The van der Waals surface area contributed by atoms with Gasteiger partial charge in [0.25, 0.3) is 5.91 Å². The Hall–Kier alpha value is -4.27. The van der Waals surface area contributed by atoms with E-state index >= 15 is 0 Å². The molecule has 1 saturated heterocycles. The average molecular weight is 573 g/mol. The van der Waals surface area contributed by atoms with Crippen molar-refractivity contribution < 1.29 is 26.4 Å². The summed E-state index contributed by atoms with van der Waals surface area (Å²) in [7, 11) is 0.324. The van der Waals surface area contributed by atoms with Crippen molar-refractivity contribution in [1.29, 1.82) is 0 Å². The SMILES string of the molecule is Cn1cnnc1-c1cnn(C)c1-c1cc(N2CCS(=O)(=O)CC2)nc(N2Cc3c(cccc3C(F)(F)F)C2=O)c1. The molecule has 15 heteroatoms. The van der Waals surface area contributed by atoms with E-state index in [1.165, 1.54) is 17.0 Å². The first-order valence-corrected chi connectivity index (χ1v) is 14.1. The number of rotatable bonds is 4. The maximum atomic E-state index is 13.8. The molecule has 0 aliphatic carbocycles. The number of carbonyl (C=O) groups is 1. The smallest absolute Gasteiger partial charge is 0.354 e. The Morgan fingerprint density at radius 2 is 1.73 bits per heavy atom. The summed E-state index contributed by atoms with van der Waals surface area (Å²) in [5.74, 6) is 0.344. The van der Waals surface area contributed by atoms with Crippen molar-refractivity contribution in [1.82, 2.24) is 29.5 Å². The maximum absolute atomic E-state index is 13.8. The number of amides is 1. The number of sulfone groups is 1. The van der Waals surface area contributed by atoms with Gasteiger partial charge in [0.1, 0.15) is 18.0 Å². The highest BCUT2D eigenvalue weighted by Gasteiger charge is 2.40. The molecule has 208 valence electrons. The molecule has 0 unspecified atom stereocenters. The number of aryl methyl sites for hydroxylation is 2. The number of carbonyl (C=O) groups excluding carboxylic acids is 1. The predicted octanol–water partition coefficient (Wildman–Crippen LogP) is 2.69. The number of fused-ring (bicyclic) bond motifs is 1. The molecule has 0 N–H and O–H groups in total. The molecule has 4 aromatic rings. The van der Waals surface area contributed by atoms with Crippen LogP contribution in [0.4, 0.5) is 24.8 Å². The first-order valence-electron chi connectivity index (χ1n) is 12.3. The van der Waals surface area contributed by atoms with E-state index in [2.05, 4.69) is 20.3 Å². The molecule has 40 heavy (non-hydrogen) atoms. The Morgan fingerprint density at radius 3 is 2.40 bits per heavy atom. The van der Waals surface area contributed by atoms with Gasteiger partial charge < -0.3 is 9.47 Å². The van der Waals surface area contributed by atoms with Crippen LogP contribution in [-0.2, 0) is 36.7 Å². The van der Waals surface area contributed by atoms with E-state index in [1.54, 1.807) is 52.9 Å². The van der Waals surface area contributed by atoms with E-state index in [0.29, 0.717) is 28.5 Å². The number of aromatic nitrogens is 6. The van der Waals surface area contributed by atoms with Gasteiger partial charge in [-0.2, -0.15) is 18.3 Å². The fraction of sp³-hybridized carbons (Fsp3) is 0.320. The van der Waals surface area contributed by atoms with E-state index < -0.39 is 27.5 Å². The number of hydrogen-bond acceptors (Lipinski definition) is 8. The topological polar surface area (TPSA) is 119 Å². The van der Waals surface area contributed by atoms with Crippen molar-refractivity contribution in [3.8, 4) is 22.6 Å². The van der Waals surface area contributed by atoms with Crippen LogP contribution in [0.1, 0.15) is 21.5 Å². The third-order valence-electron chi connectivity index (χ3n) is 7.18. The highest BCUT2D eigenvalue weighted by atomic mass is 32.2. The van der Waals surface area contributed by atoms with Gasteiger partial charge in [-0.05, 0) is 29.8 Å². The van der Waals surface area contributed by atoms with Gasteiger partial charge in [-0.3, -0.25) is 14.4 Å². The number of hydrogen-bond donors (Lipinski definition) is 0. The first-order chi connectivity index (χ1) is 18.9. The lowest BCUT2D eigenvalue weighted by molar-refractivity contribution is -0.138. The van der Waals surface area contributed by atoms with E-state index in [-0.39, 0.29) is 48.1 Å². The first kappa shape index (κ1) is 26.0. The molecular weight excluding hydrogens is 549 g/mol. The largest absolute Gasteiger partial charge is 0.416 e. The van der Waals surface area contributed by atoms with Crippen LogP contribution >= 0.6 is 0 Å². The molecule has 1 amide bonds. The minimum Gasteiger partial charge on any atom is -0.354 e. The maximum Gasteiger partial charge on any atom is 0.416 e. The molecule has 0 bridgehead atoms. The van der Waals surface area contributed by atoms with Gasteiger partial charge in [-0.15, -0.1) is 10.2 Å². The molecule has 3 aromatic heterocycles. The molecule has 5 heterocycles. The normalized spacial score (nSPS) is 17.0. The zero-order valence-electron chi connectivity index (χ0n) is 21.4. The average Bonchev–Trinajstić information content (AvgIpc) is 3.59. The quantitative estimate of drug-likeness (QED) is 0.366. The van der Waals surface area contributed by atoms with E-state index in [9.17, 15) is 26.4 Å². The summed E-state index contributed by atoms with van der Waals surface area (Å²) in [6, 6.07) is 6.93. The third-order valence-corrected chi connectivity index (χ3v) is 8.79. The molecule has 11 nitrogen and oxygen atoms in total. The van der Waals surface area contributed by atoms with Crippen molar-refractivity contribution in [2.45, 2.75) is 12.7 Å². The summed E-state index contributed by atoms with van der Waals surface area (Å²) in [6.07, 6.45) is -1.46. The van der Waals surface area contributed by atoms with Gasteiger partial charge in [0.05, 0.1) is 41.1 Å². The number of nitrogens with zero attached hydrogens (tertiary/aromatic N) is 8. The second-order valence-electron chi connectivity index (χ2n) is 9.73. The van der Waals surface area contributed by atoms with Gasteiger partial charge in [0.15, 0.2) is 15.7 Å². The van der Waals surface area contributed by atoms with E-state index in [0.717, 1.165) is 6.07 Å². The molecule has 1 aromatic carbocycles. The summed E-state index contributed by atoms with van der Waals surface area (Å²) >= 11 is 0. The Morgan fingerprint density at radius 1 is 1.00 bits per heavy atom. The van der Waals surface area contributed by atoms with Crippen LogP contribution in [-0.4, -0.2) is 68.4 Å². The summed E-state index contributed by atoms with van der Waals surface area (Å²) in [4.78, 5) is 21.1. The predicted molar refractivity (Wildman–Crippen MR) is 139 cm³/mol.